The van der Waals surface area contributed by atoms with Crippen LogP contribution in [0.5, 0.6) is 0 Å². The number of para-hydroxylation sites is 1. The van der Waals surface area contributed by atoms with Crippen molar-refractivity contribution in [3.05, 3.63) is 29.8 Å². The molecule has 0 aromatic heterocycles. The molecule has 1 N–H and O–H groups in total. The zero-order valence-electron chi connectivity index (χ0n) is 13.8. The molecule has 0 aliphatic carbocycles. The second-order valence-corrected chi connectivity index (χ2v) is 6.97. The van der Waals surface area contributed by atoms with Gasteiger partial charge in [-0.2, -0.15) is 0 Å². The summed E-state index contributed by atoms with van der Waals surface area (Å²) in [7, 11) is 1.94. The van der Waals surface area contributed by atoms with E-state index in [0.29, 0.717) is 6.54 Å². The van der Waals surface area contributed by atoms with Crippen LogP contribution in [0.4, 0.5) is 5.69 Å². The van der Waals surface area contributed by atoms with Crippen molar-refractivity contribution in [3.63, 3.8) is 0 Å². The Balaban J connectivity index is 1.73. The first kappa shape index (κ1) is 15.3. The van der Waals surface area contributed by atoms with Gasteiger partial charge in [-0.05, 0) is 44.4 Å². The van der Waals surface area contributed by atoms with Crippen LogP contribution in [-0.2, 0) is 11.3 Å². The van der Waals surface area contributed by atoms with Gasteiger partial charge in [-0.1, -0.05) is 18.2 Å². The number of carbonyl (C=O) groups is 1. The molecule has 3 rings (SSSR count). The van der Waals surface area contributed by atoms with Gasteiger partial charge in [0.1, 0.15) is 0 Å². The van der Waals surface area contributed by atoms with Crippen molar-refractivity contribution < 1.29 is 4.79 Å². The maximum Gasteiger partial charge on any atom is 0.229 e. The van der Waals surface area contributed by atoms with Crippen molar-refractivity contribution in [1.29, 1.82) is 0 Å². The third-order valence-corrected chi connectivity index (χ3v) is 5.08. The Kier molecular flexibility index (Phi) is 4.39. The molecule has 0 spiro atoms. The normalized spacial score (nSPS) is 24.7. The third kappa shape index (κ3) is 2.98. The zero-order chi connectivity index (χ0) is 15.6. The van der Waals surface area contributed by atoms with Gasteiger partial charge in [0.25, 0.3) is 0 Å². The Labute approximate surface area is 133 Å². The van der Waals surface area contributed by atoms with Gasteiger partial charge in [0, 0.05) is 38.9 Å². The van der Waals surface area contributed by atoms with Gasteiger partial charge in [-0.25, -0.2) is 0 Å². The number of hydrogen-bond acceptors (Lipinski definition) is 3. The van der Waals surface area contributed by atoms with E-state index >= 15 is 0 Å². The number of nitrogens with one attached hydrogen (secondary N) is 1. The lowest BCUT2D eigenvalue weighted by Crippen LogP contribution is -2.41. The molecule has 0 bridgehead atoms. The monoisotopic (exact) mass is 301 g/mol. The van der Waals surface area contributed by atoms with Crippen LogP contribution in [0.15, 0.2) is 24.3 Å². The molecule has 120 valence electrons. The molecule has 2 aliphatic rings. The molecular formula is C18H27N3O. The van der Waals surface area contributed by atoms with Crippen LogP contribution in [-0.4, -0.2) is 44.0 Å². The fourth-order valence-corrected chi connectivity index (χ4v) is 3.70. The highest BCUT2D eigenvalue weighted by Crippen LogP contribution is 2.29. The molecule has 22 heavy (non-hydrogen) atoms. The maximum atomic E-state index is 12.8. The fourth-order valence-electron chi connectivity index (χ4n) is 3.70. The van der Waals surface area contributed by atoms with Gasteiger partial charge in [-0.3, -0.25) is 4.79 Å². The summed E-state index contributed by atoms with van der Waals surface area (Å²) in [5.41, 5.74) is 2.32. The standard InChI is InChI=1S/C18H27N3O/c1-18(9-10-19-14-18)17(22)20(2)13-15-7-3-4-8-16(15)21-11-5-6-12-21/h3-4,7-8,19H,5-6,9-14H2,1-2H3. The Morgan fingerprint density at radius 2 is 2.05 bits per heavy atom. The number of carbonyl (C=O) groups excluding carboxylic acids is 1. The predicted molar refractivity (Wildman–Crippen MR) is 90.0 cm³/mol. The minimum Gasteiger partial charge on any atom is -0.371 e. The molecule has 4 nitrogen and oxygen atoms in total. The van der Waals surface area contributed by atoms with Crippen molar-refractivity contribution >= 4 is 11.6 Å². The number of rotatable bonds is 4. The summed E-state index contributed by atoms with van der Waals surface area (Å²) in [5.74, 6) is 0.258. The van der Waals surface area contributed by atoms with Crippen LogP contribution in [0.2, 0.25) is 0 Å². The third-order valence-electron chi connectivity index (χ3n) is 5.08. The van der Waals surface area contributed by atoms with E-state index in [0.717, 1.165) is 32.6 Å². The highest BCUT2D eigenvalue weighted by molar-refractivity contribution is 5.83. The van der Waals surface area contributed by atoms with E-state index in [9.17, 15) is 4.79 Å². The van der Waals surface area contributed by atoms with Gasteiger partial charge in [0.15, 0.2) is 0 Å². The number of anilines is 1. The van der Waals surface area contributed by atoms with Gasteiger partial charge in [0.2, 0.25) is 5.91 Å². The minimum atomic E-state index is -0.239. The molecule has 2 fully saturated rings. The van der Waals surface area contributed by atoms with Gasteiger partial charge in [0.05, 0.1) is 5.41 Å². The minimum absolute atomic E-state index is 0.239. The lowest BCUT2D eigenvalue weighted by molar-refractivity contribution is -0.139. The van der Waals surface area contributed by atoms with Crippen molar-refractivity contribution in [2.45, 2.75) is 32.7 Å². The van der Waals surface area contributed by atoms with Crippen molar-refractivity contribution in [2.24, 2.45) is 5.41 Å². The highest BCUT2D eigenvalue weighted by atomic mass is 16.2. The molecule has 0 radical (unpaired) electrons. The second kappa shape index (κ2) is 6.29. The number of hydrogen-bond donors (Lipinski definition) is 1. The van der Waals surface area contributed by atoms with Crippen molar-refractivity contribution in [3.8, 4) is 0 Å². The summed E-state index contributed by atoms with van der Waals surface area (Å²) >= 11 is 0. The average Bonchev–Trinajstić information content (AvgIpc) is 3.19. The van der Waals surface area contributed by atoms with Crippen molar-refractivity contribution in [1.82, 2.24) is 10.2 Å². The first-order valence-corrected chi connectivity index (χ1v) is 8.39. The van der Waals surface area contributed by atoms with E-state index in [2.05, 4.69) is 41.4 Å². The summed E-state index contributed by atoms with van der Waals surface area (Å²) in [5, 5.41) is 3.31. The van der Waals surface area contributed by atoms with E-state index in [1.165, 1.54) is 24.1 Å². The number of amides is 1. The molecule has 0 saturated carbocycles. The van der Waals surface area contributed by atoms with E-state index in [1.54, 1.807) is 0 Å². The summed E-state index contributed by atoms with van der Waals surface area (Å²) in [6.07, 6.45) is 3.48. The van der Waals surface area contributed by atoms with E-state index in [-0.39, 0.29) is 11.3 Å². The van der Waals surface area contributed by atoms with Crippen LogP contribution in [0.25, 0.3) is 0 Å². The van der Waals surface area contributed by atoms with E-state index < -0.39 is 0 Å². The van der Waals surface area contributed by atoms with Crippen LogP contribution in [0.1, 0.15) is 31.7 Å². The summed E-state index contributed by atoms with van der Waals surface area (Å²) < 4.78 is 0. The van der Waals surface area contributed by atoms with E-state index in [4.69, 9.17) is 0 Å². The zero-order valence-corrected chi connectivity index (χ0v) is 13.8. The molecular weight excluding hydrogens is 274 g/mol. The summed E-state index contributed by atoms with van der Waals surface area (Å²) in [4.78, 5) is 17.1. The Morgan fingerprint density at radius 3 is 2.73 bits per heavy atom. The maximum absolute atomic E-state index is 12.8. The van der Waals surface area contributed by atoms with Gasteiger partial charge in [-0.15, -0.1) is 0 Å². The largest absolute Gasteiger partial charge is 0.371 e. The first-order valence-electron chi connectivity index (χ1n) is 8.39. The van der Waals surface area contributed by atoms with Crippen LogP contribution >= 0.6 is 0 Å². The Bertz CT molecular complexity index is 531. The second-order valence-electron chi connectivity index (χ2n) is 6.97. The highest BCUT2D eigenvalue weighted by Gasteiger charge is 2.38. The van der Waals surface area contributed by atoms with E-state index in [1.807, 2.05) is 11.9 Å². The molecule has 4 heteroatoms. The smallest absolute Gasteiger partial charge is 0.229 e. The lowest BCUT2D eigenvalue weighted by Gasteiger charge is -2.30. The molecule has 1 unspecified atom stereocenters. The molecule has 2 aliphatic heterocycles. The molecule has 1 aromatic carbocycles. The molecule has 1 atom stereocenters. The topological polar surface area (TPSA) is 35.6 Å². The van der Waals surface area contributed by atoms with Gasteiger partial charge < -0.3 is 15.1 Å². The predicted octanol–water partition coefficient (Wildman–Crippen LogP) is 2.24. The molecule has 2 saturated heterocycles. The number of nitrogens with zero attached hydrogens (tertiary/aromatic N) is 2. The summed E-state index contributed by atoms with van der Waals surface area (Å²) in [6.45, 7) is 6.79. The van der Waals surface area contributed by atoms with Crippen LogP contribution < -0.4 is 10.2 Å². The lowest BCUT2D eigenvalue weighted by atomic mass is 9.88. The SMILES string of the molecule is CN(Cc1ccccc1N1CCCC1)C(=O)C1(C)CCNC1. The van der Waals surface area contributed by atoms with Gasteiger partial charge >= 0.3 is 0 Å². The number of benzene rings is 1. The molecule has 2 heterocycles. The average molecular weight is 301 g/mol. The summed E-state index contributed by atoms with van der Waals surface area (Å²) in [6, 6.07) is 8.53. The Morgan fingerprint density at radius 1 is 1.32 bits per heavy atom. The van der Waals surface area contributed by atoms with Crippen molar-refractivity contribution in [2.75, 3.05) is 38.1 Å². The van der Waals surface area contributed by atoms with Crippen LogP contribution in [0.3, 0.4) is 0 Å². The first-order chi connectivity index (χ1) is 10.6. The molecule has 1 amide bonds. The Hall–Kier alpha value is -1.55. The fraction of sp³-hybridized carbons (Fsp3) is 0.611. The molecule has 1 aromatic rings. The van der Waals surface area contributed by atoms with Crippen LogP contribution in [0, 0.1) is 5.41 Å². The quantitative estimate of drug-likeness (QED) is 0.926.